The lowest BCUT2D eigenvalue weighted by atomic mass is 9.86. The maximum Gasteiger partial charge on any atom is 0.223 e. The van der Waals surface area contributed by atoms with Gasteiger partial charge in [-0.1, -0.05) is 36.4 Å². The number of halogens is 1. The Balaban J connectivity index is 1.46. The van der Waals surface area contributed by atoms with Gasteiger partial charge in [-0.3, -0.25) is 4.79 Å². The fourth-order valence-electron chi connectivity index (χ4n) is 5.06. The van der Waals surface area contributed by atoms with Crippen molar-refractivity contribution in [2.75, 3.05) is 19.6 Å². The maximum atomic E-state index is 13.5. The molecule has 140 valence electrons. The van der Waals surface area contributed by atoms with Crippen LogP contribution < -0.4 is 5.32 Å². The summed E-state index contributed by atoms with van der Waals surface area (Å²) < 4.78 is 13.5. The molecule has 0 radical (unpaired) electrons. The lowest BCUT2D eigenvalue weighted by Gasteiger charge is -2.38. The van der Waals surface area contributed by atoms with Crippen molar-refractivity contribution in [3.63, 3.8) is 0 Å². The van der Waals surface area contributed by atoms with E-state index in [9.17, 15) is 9.18 Å². The zero-order valence-electron chi connectivity index (χ0n) is 15.5. The van der Waals surface area contributed by atoms with Crippen LogP contribution >= 0.6 is 0 Å². The first-order chi connectivity index (χ1) is 13.2. The topological polar surface area (TPSA) is 32.3 Å². The number of carbonyl (C=O) groups is 1. The number of rotatable bonds is 3. The molecule has 1 spiro atoms. The van der Waals surface area contributed by atoms with Crippen LogP contribution in [0.15, 0.2) is 48.5 Å². The van der Waals surface area contributed by atoms with E-state index in [4.69, 9.17) is 0 Å². The van der Waals surface area contributed by atoms with E-state index < -0.39 is 0 Å². The Bertz CT molecular complexity index is 859. The third-order valence-corrected chi connectivity index (χ3v) is 6.84. The quantitative estimate of drug-likeness (QED) is 0.901. The summed E-state index contributed by atoms with van der Waals surface area (Å²) >= 11 is 0. The Morgan fingerprint density at radius 1 is 1.15 bits per heavy atom. The summed E-state index contributed by atoms with van der Waals surface area (Å²) in [5.74, 6) is 0.447. The molecule has 0 bridgehead atoms. The minimum atomic E-state index is -0.242. The van der Waals surface area contributed by atoms with E-state index in [-0.39, 0.29) is 17.8 Å². The van der Waals surface area contributed by atoms with Gasteiger partial charge < -0.3 is 10.2 Å². The number of fused-ring (bicyclic) bond motifs is 1. The van der Waals surface area contributed by atoms with E-state index in [1.807, 2.05) is 23.1 Å². The highest BCUT2D eigenvalue weighted by Crippen LogP contribution is 2.55. The highest BCUT2D eigenvalue weighted by atomic mass is 19.1. The molecule has 2 atom stereocenters. The smallest absolute Gasteiger partial charge is 0.223 e. The van der Waals surface area contributed by atoms with Crippen LogP contribution in [0.4, 0.5) is 4.39 Å². The summed E-state index contributed by atoms with van der Waals surface area (Å²) in [6.45, 7) is 2.75. The molecule has 3 nitrogen and oxygen atoms in total. The largest absolute Gasteiger partial charge is 0.331 e. The van der Waals surface area contributed by atoms with E-state index in [1.54, 1.807) is 0 Å². The van der Waals surface area contributed by atoms with E-state index in [0.29, 0.717) is 17.8 Å². The first-order valence-corrected chi connectivity index (χ1v) is 10.00. The first kappa shape index (κ1) is 16.9. The van der Waals surface area contributed by atoms with Gasteiger partial charge in [0.25, 0.3) is 0 Å². The first-order valence-electron chi connectivity index (χ1n) is 10.00. The van der Waals surface area contributed by atoms with Gasteiger partial charge in [0.05, 0.1) is 6.04 Å². The molecule has 2 aliphatic heterocycles. The van der Waals surface area contributed by atoms with Crippen molar-refractivity contribution in [2.45, 2.75) is 31.7 Å². The van der Waals surface area contributed by atoms with E-state index in [1.165, 1.54) is 36.1 Å². The van der Waals surface area contributed by atoms with Gasteiger partial charge >= 0.3 is 0 Å². The second-order valence-corrected chi connectivity index (χ2v) is 8.38. The molecule has 27 heavy (non-hydrogen) atoms. The Labute approximate surface area is 159 Å². The van der Waals surface area contributed by atoms with Crippen molar-refractivity contribution < 1.29 is 9.18 Å². The fourth-order valence-corrected chi connectivity index (χ4v) is 5.06. The minimum Gasteiger partial charge on any atom is -0.331 e. The fraction of sp³-hybridized carbons (Fsp3) is 0.435. The number of carbonyl (C=O) groups excluding carboxylic acids is 1. The molecule has 0 aromatic heterocycles. The van der Waals surface area contributed by atoms with E-state index >= 15 is 0 Å². The predicted molar refractivity (Wildman–Crippen MR) is 103 cm³/mol. The number of benzene rings is 2. The van der Waals surface area contributed by atoms with Crippen molar-refractivity contribution in [3.05, 3.63) is 71.0 Å². The molecule has 1 amide bonds. The standard InChI is InChI=1S/C23H25FN2O/c24-19-7-5-17(6-8-19)22-20-4-2-1-3-16(20)9-12-26(22)21(27)13-18-14-25-15-23(18)10-11-23/h1-8,18,22,25H,9-15H2/t18-,22+/m1/s1. The molecule has 2 fully saturated rings. The molecule has 2 heterocycles. The number of hydrogen-bond donors (Lipinski definition) is 1. The average Bonchev–Trinajstić information content (AvgIpc) is 3.37. The normalized spacial score (nSPS) is 25.4. The van der Waals surface area contributed by atoms with Crippen molar-refractivity contribution >= 4 is 5.91 Å². The van der Waals surface area contributed by atoms with Gasteiger partial charge in [0.2, 0.25) is 5.91 Å². The van der Waals surface area contributed by atoms with Crippen LogP contribution in [-0.4, -0.2) is 30.4 Å². The molecule has 1 aliphatic carbocycles. The van der Waals surface area contributed by atoms with Gasteiger partial charge in [-0.15, -0.1) is 0 Å². The minimum absolute atomic E-state index is 0.118. The van der Waals surface area contributed by atoms with Gasteiger partial charge in [0, 0.05) is 19.5 Å². The summed E-state index contributed by atoms with van der Waals surface area (Å²) in [4.78, 5) is 15.4. The summed E-state index contributed by atoms with van der Waals surface area (Å²) in [5, 5.41) is 3.49. The molecule has 3 aliphatic rings. The number of nitrogens with one attached hydrogen (secondary N) is 1. The Hall–Kier alpha value is -2.20. The Morgan fingerprint density at radius 2 is 1.93 bits per heavy atom. The summed E-state index contributed by atoms with van der Waals surface area (Å²) in [6.07, 6.45) is 4.00. The monoisotopic (exact) mass is 364 g/mol. The van der Waals surface area contributed by atoms with Crippen LogP contribution in [0.25, 0.3) is 0 Å². The van der Waals surface area contributed by atoms with Gasteiger partial charge in [-0.2, -0.15) is 0 Å². The van der Waals surface area contributed by atoms with Gasteiger partial charge in [-0.05, 0) is 66.0 Å². The van der Waals surface area contributed by atoms with Crippen LogP contribution in [0.2, 0.25) is 0 Å². The molecule has 2 aromatic rings. The zero-order chi connectivity index (χ0) is 18.4. The summed E-state index contributed by atoms with van der Waals surface area (Å²) in [7, 11) is 0. The van der Waals surface area contributed by atoms with E-state index in [0.717, 1.165) is 31.6 Å². The average molecular weight is 364 g/mol. The van der Waals surface area contributed by atoms with Crippen LogP contribution in [0.5, 0.6) is 0 Å². The van der Waals surface area contributed by atoms with Crippen LogP contribution in [0.1, 0.15) is 42.0 Å². The molecule has 2 aromatic carbocycles. The van der Waals surface area contributed by atoms with Crippen LogP contribution in [-0.2, 0) is 11.2 Å². The third-order valence-electron chi connectivity index (χ3n) is 6.84. The lowest BCUT2D eigenvalue weighted by molar-refractivity contribution is -0.134. The molecular formula is C23H25FN2O. The molecular weight excluding hydrogens is 339 g/mol. The maximum absolute atomic E-state index is 13.5. The van der Waals surface area contributed by atoms with Gasteiger partial charge in [0.15, 0.2) is 0 Å². The Morgan fingerprint density at radius 3 is 2.70 bits per heavy atom. The highest BCUT2D eigenvalue weighted by molar-refractivity contribution is 5.78. The van der Waals surface area contributed by atoms with Crippen molar-refractivity contribution in [1.29, 1.82) is 0 Å². The third kappa shape index (κ3) is 2.96. The summed E-state index contributed by atoms with van der Waals surface area (Å²) in [6, 6.07) is 14.9. The molecule has 1 saturated carbocycles. The van der Waals surface area contributed by atoms with Crippen molar-refractivity contribution in [1.82, 2.24) is 10.2 Å². The van der Waals surface area contributed by atoms with Crippen LogP contribution in [0, 0.1) is 17.2 Å². The number of amides is 1. The predicted octanol–water partition coefficient (Wildman–Crippen LogP) is 3.69. The molecule has 4 heteroatoms. The molecule has 1 N–H and O–H groups in total. The molecule has 0 unspecified atom stereocenters. The van der Waals surface area contributed by atoms with E-state index in [2.05, 4.69) is 23.5 Å². The van der Waals surface area contributed by atoms with Gasteiger partial charge in [-0.25, -0.2) is 4.39 Å². The summed E-state index contributed by atoms with van der Waals surface area (Å²) in [5.41, 5.74) is 3.84. The lowest BCUT2D eigenvalue weighted by Crippen LogP contribution is -2.41. The van der Waals surface area contributed by atoms with Gasteiger partial charge in [0.1, 0.15) is 5.82 Å². The number of hydrogen-bond acceptors (Lipinski definition) is 2. The van der Waals surface area contributed by atoms with Crippen molar-refractivity contribution in [2.24, 2.45) is 11.3 Å². The van der Waals surface area contributed by atoms with Crippen molar-refractivity contribution in [3.8, 4) is 0 Å². The number of nitrogens with zero attached hydrogens (tertiary/aromatic N) is 1. The molecule has 5 rings (SSSR count). The SMILES string of the molecule is O=C(C[C@@H]1CNCC12CC2)N1CCc2ccccc2[C@@H]1c1ccc(F)cc1. The zero-order valence-corrected chi connectivity index (χ0v) is 15.5. The molecule has 1 saturated heterocycles. The highest BCUT2D eigenvalue weighted by Gasteiger charge is 2.52. The Kier molecular flexibility index (Phi) is 4.05. The van der Waals surface area contributed by atoms with Crippen LogP contribution in [0.3, 0.4) is 0 Å². The second-order valence-electron chi connectivity index (χ2n) is 8.38. The second kappa shape index (κ2) is 6.45.